The summed E-state index contributed by atoms with van der Waals surface area (Å²) in [5, 5.41) is 4.29. The van der Waals surface area contributed by atoms with Gasteiger partial charge in [0.25, 0.3) is 15.9 Å². The normalized spacial score (nSPS) is 12.7. The summed E-state index contributed by atoms with van der Waals surface area (Å²) in [6, 6.07) is 17.5. The van der Waals surface area contributed by atoms with Gasteiger partial charge < -0.3 is 9.47 Å². The summed E-state index contributed by atoms with van der Waals surface area (Å²) in [5.74, 6) is 0.529. The fourth-order valence-electron chi connectivity index (χ4n) is 3.04. The lowest BCUT2D eigenvalue weighted by Crippen LogP contribution is -2.39. The Morgan fingerprint density at radius 1 is 1.09 bits per heavy atom. The topological polar surface area (TPSA) is 97.3 Å². The third-order valence-corrected chi connectivity index (χ3v) is 7.31. The molecule has 0 spiro atoms. The first kappa shape index (κ1) is 23.1. The van der Waals surface area contributed by atoms with Gasteiger partial charge in [-0.1, -0.05) is 35.9 Å². The van der Waals surface area contributed by atoms with Crippen molar-refractivity contribution in [3.63, 3.8) is 0 Å². The Labute approximate surface area is 203 Å². The molecular formula is C22H17BrClN3O5S. The average Bonchev–Trinajstić information content (AvgIpc) is 3.25. The highest BCUT2D eigenvalue weighted by molar-refractivity contribution is 9.10. The van der Waals surface area contributed by atoms with E-state index in [-0.39, 0.29) is 17.4 Å². The summed E-state index contributed by atoms with van der Waals surface area (Å²) in [7, 11) is -4.03. The number of nitrogens with one attached hydrogen (secondary N) is 1. The van der Waals surface area contributed by atoms with E-state index >= 15 is 0 Å². The predicted molar refractivity (Wildman–Crippen MR) is 128 cm³/mol. The first-order chi connectivity index (χ1) is 15.8. The Morgan fingerprint density at radius 3 is 2.55 bits per heavy atom. The van der Waals surface area contributed by atoms with Gasteiger partial charge in [-0.25, -0.2) is 13.8 Å². The van der Waals surface area contributed by atoms with E-state index in [9.17, 15) is 13.2 Å². The van der Waals surface area contributed by atoms with Crippen molar-refractivity contribution in [3.05, 3.63) is 81.8 Å². The van der Waals surface area contributed by atoms with Crippen LogP contribution in [0.1, 0.15) is 5.56 Å². The van der Waals surface area contributed by atoms with Gasteiger partial charge in [0.1, 0.15) is 6.54 Å². The highest BCUT2D eigenvalue weighted by Gasteiger charge is 2.27. The maximum Gasteiger partial charge on any atom is 0.264 e. The molecule has 0 saturated carbocycles. The van der Waals surface area contributed by atoms with E-state index in [0.29, 0.717) is 26.6 Å². The fraction of sp³-hybridized carbons (Fsp3) is 0.0909. The molecule has 170 valence electrons. The van der Waals surface area contributed by atoms with E-state index in [4.69, 9.17) is 21.1 Å². The molecule has 0 fully saturated rings. The second kappa shape index (κ2) is 9.82. The minimum atomic E-state index is -4.03. The van der Waals surface area contributed by atoms with E-state index in [1.807, 2.05) is 0 Å². The van der Waals surface area contributed by atoms with Crippen LogP contribution in [-0.2, 0) is 14.8 Å². The number of fused-ring (bicyclic) bond motifs is 1. The van der Waals surface area contributed by atoms with Crippen LogP contribution in [0.4, 0.5) is 5.69 Å². The lowest BCUT2D eigenvalue weighted by atomic mass is 10.2. The molecule has 0 unspecified atom stereocenters. The maximum absolute atomic E-state index is 13.3. The molecule has 0 aromatic heterocycles. The molecule has 1 amide bonds. The summed E-state index contributed by atoms with van der Waals surface area (Å²) in [6.45, 7) is -0.369. The Kier molecular flexibility index (Phi) is 6.87. The predicted octanol–water partition coefficient (Wildman–Crippen LogP) is 4.18. The number of hydrogen-bond acceptors (Lipinski definition) is 6. The van der Waals surface area contributed by atoms with Crippen LogP contribution < -0.4 is 19.2 Å². The van der Waals surface area contributed by atoms with E-state index in [1.54, 1.807) is 48.5 Å². The summed E-state index contributed by atoms with van der Waals surface area (Å²) in [5.41, 5.74) is 3.26. The molecule has 0 saturated heterocycles. The van der Waals surface area contributed by atoms with E-state index in [2.05, 4.69) is 26.5 Å². The fourth-order valence-corrected chi connectivity index (χ4v) is 5.08. The molecule has 3 aromatic rings. The Morgan fingerprint density at radius 2 is 1.82 bits per heavy atom. The summed E-state index contributed by atoms with van der Waals surface area (Å²) >= 11 is 9.47. The SMILES string of the molecule is O=C(CN(c1cccc(Cl)c1)S(=O)(=O)c1ccccc1)N/N=C\c1cc2c(cc1Br)OCO2. The second-order valence-electron chi connectivity index (χ2n) is 6.82. The number of amides is 1. The van der Waals surface area contributed by atoms with Crippen molar-refractivity contribution in [2.45, 2.75) is 4.90 Å². The van der Waals surface area contributed by atoms with Crippen LogP contribution in [0.2, 0.25) is 5.02 Å². The standard InChI is InChI=1S/C22H17BrClN3O5S/c23-19-11-21-20(31-14-32-21)9-15(19)12-25-26-22(28)13-27(17-6-4-5-16(24)10-17)33(29,30)18-7-2-1-3-8-18/h1-12H,13-14H2,(H,26,28)/b25-12-. The van der Waals surface area contributed by atoms with Crippen LogP contribution >= 0.6 is 27.5 Å². The van der Waals surface area contributed by atoms with E-state index in [1.165, 1.54) is 24.4 Å². The molecular weight excluding hydrogens is 534 g/mol. The van der Waals surface area contributed by atoms with Crippen molar-refractivity contribution in [1.82, 2.24) is 5.43 Å². The molecule has 0 aliphatic carbocycles. The third kappa shape index (κ3) is 5.29. The first-order valence-electron chi connectivity index (χ1n) is 9.59. The van der Waals surface area contributed by atoms with Crippen molar-refractivity contribution >= 4 is 55.4 Å². The van der Waals surface area contributed by atoms with Gasteiger partial charge >= 0.3 is 0 Å². The number of sulfonamides is 1. The largest absolute Gasteiger partial charge is 0.454 e. The van der Waals surface area contributed by atoms with Crippen LogP contribution in [0, 0.1) is 0 Å². The number of hydrazone groups is 1. The van der Waals surface area contributed by atoms with Crippen molar-refractivity contribution in [2.24, 2.45) is 5.10 Å². The number of halogens is 2. The molecule has 0 atom stereocenters. The zero-order valence-corrected chi connectivity index (χ0v) is 20.1. The van der Waals surface area contributed by atoms with Crippen molar-refractivity contribution in [2.75, 3.05) is 17.6 Å². The van der Waals surface area contributed by atoms with Gasteiger partial charge in [0, 0.05) is 15.1 Å². The van der Waals surface area contributed by atoms with Crippen LogP contribution in [0.15, 0.2) is 81.2 Å². The van der Waals surface area contributed by atoms with E-state index in [0.717, 1.165) is 4.31 Å². The van der Waals surface area contributed by atoms with Gasteiger partial charge in [-0.3, -0.25) is 9.10 Å². The molecule has 8 nitrogen and oxygen atoms in total. The number of carbonyl (C=O) groups is 1. The van der Waals surface area contributed by atoms with Gasteiger partial charge in [-0.15, -0.1) is 0 Å². The highest BCUT2D eigenvalue weighted by Crippen LogP contribution is 2.36. The minimum Gasteiger partial charge on any atom is -0.454 e. The molecule has 1 aliphatic rings. The Bertz CT molecular complexity index is 1320. The number of anilines is 1. The molecule has 0 bridgehead atoms. The Balaban J connectivity index is 1.54. The van der Waals surface area contributed by atoms with Crippen molar-refractivity contribution in [3.8, 4) is 11.5 Å². The van der Waals surface area contributed by atoms with Crippen LogP contribution in [0.3, 0.4) is 0 Å². The summed E-state index contributed by atoms with van der Waals surface area (Å²) in [4.78, 5) is 12.7. The first-order valence-corrected chi connectivity index (χ1v) is 12.2. The monoisotopic (exact) mass is 549 g/mol. The number of hydrogen-bond donors (Lipinski definition) is 1. The molecule has 0 radical (unpaired) electrons. The molecule has 1 N–H and O–H groups in total. The summed E-state index contributed by atoms with van der Waals surface area (Å²) < 4.78 is 38.8. The molecule has 4 rings (SSSR count). The van der Waals surface area contributed by atoms with Gasteiger partial charge in [-0.05, 0) is 58.4 Å². The molecule has 1 heterocycles. The lowest BCUT2D eigenvalue weighted by Gasteiger charge is -2.23. The van der Waals surface area contributed by atoms with Crippen molar-refractivity contribution < 1.29 is 22.7 Å². The maximum atomic E-state index is 13.3. The molecule has 11 heteroatoms. The van der Waals surface area contributed by atoms with Crippen LogP contribution in [-0.4, -0.2) is 33.9 Å². The third-order valence-electron chi connectivity index (χ3n) is 4.60. The molecule has 1 aliphatic heterocycles. The number of benzene rings is 3. The van der Waals surface area contributed by atoms with Gasteiger partial charge in [0.2, 0.25) is 6.79 Å². The zero-order valence-electron chi connectivity index (χ0n) is 16.9. The lowest BCUT2D eigenvalue weighted by molar-refractivity contribution is -0.119. The van der Waals surface area contributed by atoms with Gasteiger partial charge in [0.05, 0.1) is 16.8 Å². The molecule has 3 aromatic carbocycles. The number of carbonyl (C=O) groups excluding carboxylic acids is 1. The number of ether oxygens (including phenoxy) is 2. The minimum absolute atomic E-state index is 0.0468. The average molecular weight is 551 g/mol. The van der Waals surface area contributed by atoms with E-state index < -0.39 is 22.5 Å². The zero-order chi connectivity index (χ0) is 23.4. The van der Waals surface area contributed by atoms with Gasteiger partial charge in [-0.2, -0.15) is 5.10 Å². The second-order valence-corrected chi connectivity index (χ2v) is 9.98. The van der Waals surface area contributed by atoms with Crippen LogP contribution in [0.5, 0.6) is 11.5 Å². The smallest absolute Gasteiger partial charge is 0.264 e. The highest BCUT2D eigenvalue weighted by atomic mass is 79.9. The van der Waals surface area contributed by atoms with Gasteiger partial charge in [0.15, 0.2) is 11.5 Å². The van der Waals surface area contributed by atoms with Crippen molar-refractivity contribution in [1.29, 1.82) is 0 Å². The Hall–Kier alpha value is -3.08. The quantitative estimate of drug-likeness (QED) is 0.352. The number of rotatable bonds is 7. The number of nitrogens with zero attached hydrogens (tertiary/aromatic N) is 2. The molecule has 33 heavy (non-hydrogen) atoms. The van der Waals surface area contributed by atoms with Crippen LogP contribution in [0.25, 0.3) is 0 Å². The summed E-state index contributed by atoms with van der Waals surface area (Å²) in [6.07, 6.45) is 1.42.